The van der Waals surface area contributed by atoms with Gasteiger partial charge < -0.3 is 5.32 Å². The van der Waals surface area contributed by atoms with Gasteiger partial charge in [-0.2, -0.15) is 13.2 Å². The molecule has 11 heteroatoms. The number of nitrogens with one attached hydrogen (secondary N) is 2. The molecule has 1 aliphatic carbocycles. The second-order valence-corrected chi connectivity index (χ2v) is 7.84. The van der Waals surface area contributed by atoms with Crippen molar-refractivity contribution in [2.45, 2.75) is 50.9 Å². The Kier molecular flexibility index (Phi) is 6.58. The maximum absolute atomic E-state index is 13.9. The van der Waals surface area contributed by atoms with Gasteiger partial charge in [0.05, 0.1) is 21.1 Å². The highest BCUT2D eigenvalue weighted by Gasteiger charge is 2.44. The SMILES string of the molecule is O=CNc1nc2cc(Cl)c(Cl)cc2n1C(NC(=O)CCC1CCCC1)C(F)(F)F. The molecule has 1 heterocycles. The zero-order valence-corrected chi connectivity index (χ0v) is 16.7. The zero-order valence-electron chi connectivity index (χ0n) is 15.2. The van der Waals surface area contributed by atoms with Gasteiger partial charge in [-0.3, -0.25) is 19.5 Å². The quantitative estimate of drug-likeness (QED) is 0.578. The van der Waals surface area contributed by atoms with E-state index in [9.17, 15) is 22.8 Å². The van der Waals surface area contributed by atoms with Gasteiger partial charge >= 0.3 is 6.18 Å². The third kappa shape index (κ3) is 4.95. The van der Waals surface area contributed by atoms with Crippen molar-refractivity contribution in [1.29, 1.82) is 0 Å². The number of hydrogen-bond acceptors (Lipinski definition) is 3. The molecule has 2 N–H and O–H groups in total. The smallest absolute Gasteiger partial charge is 0.328 e. The van der Waals surface area contributed by atoms with Crippen LogP contribution in [0.4, 0.5) is 19.1 Å². The van der Waals surface area contributed by atoms with Crippen LogP contribution in [0, 0.1) is 5.92 Å². The molecule has 1 aromatic carbocycles. The standard InChI is InChI=1S/C18H19Cl2F3N4O2/c19-11-7-13-14(8-12(11)20)27(17(25-13)24-9-28)16(18(21,22)23)26-15(29)6-5-10-3-1-2-4-10/h7-10,16H,1-6H2,(H,26,29)(H,24,25,28). The number of anilines is 1. The van der Waals surface area contributed by atoms with E-state index in [1.165, 1.54) is 12.1 Å². The van der Waals surface area contributed by atoms with Crippen molar-refractivity contribution in [3.8, 4) is 0 Å². The van der Waals surface area contributed by atoms with E-state index in [2.05, 4.69) is 10.3 Å². The summed E-state index contributed by atoms with van der Waals surface area (Å²) in [5, 5.41) is 4.30. The number of nitrogens with zero attached hydrogens (tertiary/aromatic N) is 2. The van der Waals surface area contributed by atoms with Crippen molar-refractivity contribution in [2.75, 3.05) is 5.32 Å². The molecule has 6 nitrogen and oxygen atoms in total. The number of carbonyl (C=O) groups is 2. The number of imidazole rings is 1. The first-order valence-electron chi connectivity index (χ1n) is 9.14. The summed E-state index contributed by atoms with van der Waals surface area (Å²) in [6, 6.07) is 2.51. The number of benzene rings is 1. The van der Waals surface area contributed by atoms with E-state index in [1.54, 1.807) is 0 Å². The lowest BCUT2D eigenvalue weighted by molar-refractivity contribution is -0.178. The predicted octanol–water partition coefficient (Wildman–Crippen LogP) is 5.06. The van der Waals surface area contributed by atoms with Crippen LogP contribution in [0.2, 0.25) is 10.0 Å². The normalized spacial score (nSPS) is 16.2. The summed E-state index contributed by atoms with van der Waals surface area (Å²) < 4.78 is 42.3. The Morgan fingerprint density at radius 3 is 2.55 bits per heavy atom. The van der Waals surface area contributed by atoms with Crippen LogP contribution in [0.3, 0.4) is 0 Å². The van der Waals surface area contributed by atoms with Gasteiger partial charge in [0.1, 0.15) is 0 Å². The molecule has 0 aliphatic heterocycles. The summed E-state index contributed by atoms with van der Waals surface area (Å²) in [7, 11) is 0. The summed E-state index contributed by atoms with van der Waals surface area (Å²) in [6.07, 6.45) is -2.37. The molecule has 3 rings (SSSR count). The van der Waals surface area contributed by atoms with Gasteiger partial charge in [-0.15, -0.1) is 0 Å². The first kappa shape index (κ1) is 21.7. The van der Waals surface area contributed by atoms with Crippen molar-refractivity contribution >= 4 is 52.5 Å². The molecule has 2 aromatic rings. The van der Waals surface area contributed by atoms with Crippen LogP contribution in [-0.2, 0) is 9.59 Å². The minimum absolute atomic E-state index is 0.00704. The highest BCUT2D eigenvalue weighted by molar-refractivity contribution is 6.42. The number of hydrogen-bond donors (Lipinski definition) is 2. The molecule has 1 unspecified atom stereocenters. The topological polar surface area (TPSA) is 76.0 Å². The fourth-order valence-electron chi connectivity index (χ4n) is 3.66. The molecule has 1 atom stereocenters. The van der Waals surface area contributed by atoms with Gasteiger partial charge in [0.2, 0.25) is 24.4 Å². The molecule has 0 saturated heterocycles. The highest BCUT2D eigenvalue weighted by atomic mass is 35.5. The summed E-state index contributed by atoms with van der Waals surface area (Å²) in [4.78, 5) is 27.2. The molecule has 29 heavy (non-hydrogen) atoms. The van der Waals surface area contributed by atoms with E-state index in [0.29, 0.717) is 16.9 Å². The number of alkyl halides is 3. The Morgan fingerprint density at radius 2 is 1.93 bits per heavy atom. The summed E-state index contributed by atoms with van der Waals surface area (Å²) in [5.74, 6) is -0.739. The summed E-state index contributed by atoms with van der Waals surface area (Å²) in [5.41, 5.74) is 0.0698. The van der Waals surface area contributed by atoms with Crippen molar-refractivity contribution in [3.05, 3.63) is 22.2 Å². The van der Waals surface area contributed by atoms with E-state index in [0.717, 1.165) is 25.7 Å². The number of carbonyl (C=O) groups excluding carboxylic acids is 2. The van der Waals surface area contributed by atoms with Gasteiger partial charge in [-0.25, -0.2) is 4.98 Å². The summed E-state index contributed by atoms with van der Waals surface area (Å²) >= 11 is 11.9. The molecule has 2 amide bonds. The lowest BCUT2D eigenvalue weighted by atomic mass is 10.0. The molecule has 0 bridgehead atoms. The fraction of sp³-hybridized carbons (Fsp3) is 0.500. The molecule has 1 fully saturated rings. The van der Waals surface area contributed by atoms with Crippen LogP contribution >= 0.6 is 23.2 Å². The van der Waals surface area contributed by atoms with Crippen LogP contribution in [0.15, 0.2) is 12.1 Å². The fourth-order valence-corrected chi connectivity index (χ4v) is 3.97. The van der Waals surface area contributed by atoms with E-state index >= 15 is 0 Å². The molecular formula is C18H19Cl2F3N4O2. The lowest BCUT2D eigenvalue weighted by Gasteiger charge is -2.25. The zero-order chi connectivity index (χ0) is 21.2. The number of aromatic nitrogens is 2. The van der Waals surface area contributed by atoms with Gasteiger partial charge in [0.25, 0.3) is 0 Å². The Bertz CT molecular complexity index is 911. The van der Waals surface area contributed by atoms with Gasteiger partial charge in [0, 0.05) is 6.42 Å². The van der Waals surface area contributed by atoms with E-state index in [1.807, 2.05) is 5.32 Å². The first-order valence-corrected chi connectivity index (χ1v) is 9.89. The van der Waals surface area contributed by atoms with Crippen molar-refractivity contribution in [3.63, 3.8) is 0 Å². The molecule has 1 aliphatic rings. The minimum atomic E-state index is -4.85. The molecule has 0 radical (unpaired) electrons. The van der Waals surface area contributed by atoms with Gasteiger partial charge in [-0.1, -0.05) is 48.9 Å². The van der Waals surface area contributed by atoms with Crippen LogP contribution < -0.4 is 10.6 Å². The number of amides is 2. The van der Waals surface area contributed by atoms with Crippen LogP contribution in [0.25, 0.3) is 11.0 Å². The molecular weight excluding hydrogens is 432 g/mol. The van der Waals surface area contributed by atoms with Gasteiger partial charge in [-0.05, 0) is 24.5 Å². The van der Waals surface area contributed by atoms with Crippen molar-refractivity contribution in [1.82, 2.24) is 14.9 Å². The van der Waals surface area contributed by atoms with Crippen LogP contribution in [0.5, 0.6) is 0 Å². The van der Waals surface area contributed by atoms with Gasteiger partial charge in [0.15, 0.2) is 0 Å². The van der Waals surface area contributed by atoms with E-state index in [-0.39, 0.29) is 39.9 Å². The lowest BCUT2D eigenvalue weighted by Crippen LogP contribution is -2.42. The van der Waals surface area contributed by atoms with Crippen molar-refractivity contribution in [2.24, 2.45) is 5.92 Å². The molecule has 1 aromatic heterocycles. The Labute approximate surface area is 174 Å². The van der Waals surface area contributed by atoms with E-state index in [4.69, 9.17) is 23.2 Å². The highest BCUT2D eigenvalue weighted by Crippen LogP contribution is 2.37. The predicted molar refractivity (Wildman–Crippen MR) is 104 cm³/mol. The first-order chi connectivity index (χ1) is 13.7. The third-order valence-electron chi connectivity index (χ3n) is 5.04. The number of fused-ring (bicyclic) bond motifs is 1. The number of halogens is 5. The summed E-state index contributed by atoms with van der Waals surface area (Å²) in [6.45, 7) is 0. The average molecular weight is 451 g/mol. The second kappa shape index (κ2) is 8.79. The van der Waals surface area contributed by atoms with E-state index < -0.39 is 18.2 Å². The number of rotatable bonds is 7. The average Bonchev–Trinajstić information content (AvgIpc) is 3.26. The third-order valence-corrected chi connectivity index (χ3v) is 5.76. The maximum atomic E-state index is 13.9. The molecule has 0 spiro atoms. The molecule has 1 saturated carbocycles. The van der Waals surface area contributed by atoms with Crippen LogP contribution in [-0.4, -0.2) is 28.0 Å². The maximum Gasteiger partial charge on any atom is 0.427 e. The van der Waals surface area contributed by atoms with Crippen molar-refractivity contribution < 1.29 is 22.8 Å². The Morgan fingerprint density at radius 1 is 1.28 bits per heavy atom. The monoisotopic (exact) mass is 450 g/mol. The largest absolute Gasteiger partial charge is 0.427 e. The molecule has 158 valence electrons. The Balaban J connectivity index is 1.94. The minimum Gasteiger partial charge on any atom is -0.328 e. The van der Waals surface area contributed by atoms with Crippen LogP contribution in [0.1, 0.15) is 44.7 Å². The second-order valence-electron chi connectivity index (χ2n) is 7.02. The Hall–Kier alpha value is -2.00.